The number of hydrogen-bond donors (Lipinski definition) is 1. The highest BCUT2D eigenvalue weighted by molar-refractivity contribution is 5.76. The van der Waals surface area contributed by atoms with Crippen molar-refractivity contribution in [2.75, 3.05) is 19.8 Å². The number of pyridine rings is 1. The number of rotatable bonds is 5. The lowest BCUT2D eigenvalue weighted by molar-refractivity contribution is -0.122. The molecule has 0 radical (unpaired) electrons. The van der Waals surface area contributed by atoms with Crippen LogP contribution in [0.4, 0.5) is 0 Å². The molecule has 2 aliphatic rings. The Hall–Kier alpha value is -2.25. The maximum atomic E-state index is 12.5. The van der Waals surface area contributed by atoms with Crippen molar-refractivity contribution < 1.29 is 9.53 Å². The quantitative estimate of drug-likeness (QED) is 0.880. The number of nitrogens with zero attached hydrogens (tertiary/aromatic N) is 4. The minimum absolute atomic E-state index is 0.0379. The molecule has 4 rings (SSSR count). The molecule has 0 aromatic carbocycles. The summed E-state index contributed by atoms with van der Waals surface area (Å²) in [5, 5.41) is 7.44. The average molecular weight is 355 g/mol. The van der Waals surface area contributed by atoms with E-state index in [-0.39, 0.29) is 11.9 Å². The van der Waals surface area contributed by atoms with E-state index < -0.39 is 0 Å². The van der Waals surface area contributed by atoms with Gasteiger partial charge in [0, 0.05) is 44.7 Å². The summed E-state index contributed by atoms with van der Waals surface area (Å²) < 4.78 is 7.52. The highest BCUT2D eigenvalue weighted by Gasteiger charge is 2.31. The van der Waals surface area contributed by atoms with Crippen molar-refractivity contribution >= 4 is 5.91 Å². The molecule has 2 aromatic heterocycles. The molecule has 2 aliphatic heterocycles. The molecular weight excluding hydrogens is 330 g/mol. The summed E-state index contributed by atoms with van der Waals surface area (Å²) in [6.45, 7) is 3.88. The van der Waals surface area contributed by atoms with Gasteiger partial charge in [0.25, 0.3) is 0 Å². The highest BCUT2D eigenvalue weighted by Crippen LogP contribution is 2.27. The fraction of sp³-hybridized carbons (Fsp3) is 0.526. The number of ether oxygens (including phenoxy) is 1. The van der Waals surface area contributed by atoms with E-state index in [1.807, 2.05) is 29.1 Å². The molecule has 0 spiro atoms. The summed E-state index contributed by atoms with van der Waals surface area (Å²) >= 11 is 0. The Kier molecular flexibility index (Phi) is 5.26. The zero-order valence-corrected chi connectivity index (χ0v) is 14.9. The van der Waals surface area contributed by atoms with Gasteiger partial charge in [0.1, 0.15) is 0 Å². The van der Waals surface area contributed by atoms with E-state index >= 15 is 0 Å². The number of hydrogen-bond acceptors (Lipinski definition) is 5. The van der Waals surface area contributed by atoms with Crippen molar-refractivity contribution in [3.8, 4) is 0 Å². The van der Waals surface area contributed by atoms with E-state index in [0.29, 0.717) is 19.0 Å². The second kappa shape index (κ2) is 7.97. The topological polar surface area (TPSA) is 72.3 Å². The van der Waals surface area contributed by atoms with Gasteiger partial charge in [-0.25, -0.2) is 0 Å². The molecule has 2 aromatic rings. The number of nitrogens with one attached hydrogen (secondary N) is 1. The van der Waals surface area contributed by atoms with Gasteiger partial charge in [-0.3, -0.25) is 19.4 Å². The van der Waals surface area contributed by atoms with Gasteiger partial charge in [0.05, 0.1) is 30.4 Å². The van der Waals surface area contributed by atoms with Crippen LogP contribution in [0.25, 0.3) is 0 Å². The Morgan fingerprint density at radius 1 is 1.23 bits per heavy atom. The lowest BCUT2D eigenvalue weighted by atomic mass is 10.0. The summed E-state index contributed by atoms with van der Waals surface area (Å²) in [6.07, 6.45) is 6.13. The summed E-state index contributed by atoms with van der Waals surface area (Å²) in [7, 11) is 0. The number of amides is 1. The van der Waals surface area contributed by atoms with Crippen LogP contribution in [0.5, 0.6) is 0 Å². The van der Waals surface area contributed by atoms with Crippen LogP contribution in [0.2, 0.25) is 0 Å². The summed E-state index contributed by atoms with van der Waals surface area (Å²) in [4.78, 5) is 19.2. The molecule has 7 nitrogen and oxygen atoms in total. The number of carbonyl (C=O) groups excluding carboxylic acids is 1. The van der Waals surface area contributed by atoms with Gasteiger partial charge < -0.3 is 10.1 Å². The average Bonchev–Trinajstić information content (AvgIpc) is 3.17. The Morgan fingerprint density at radius 3 is 2.92 bits per heavy atom. The number of fused-ring (bicyclic) bond motifs is 1. The Balaban J connectivity index is 1.39. The number of aromatic nitrogens is 3. The van der Waals surface area contributed by atoms with Crippen LogP contribution in [0.1, 0.15) is 36.7 Å². The first-order valence-corrected chi connectivity index (χ1v) is 9.30. The van der Waals surface area contributed by atoms with Crippen LogP contribution in [0, 0.1) is 0 Å². The van der Waals surface area contributed by atoms with E-state index in [1.54, 1.807) is 6.20 Å². The van der Waals surface area contributed by atoms with Crippen LogP contribution in [-0.2, 0) is 22.6 Å². The first kappa shape index (κ1) is 17.2. The van der Waals surface area contributed by atoms with Crippen molar-refractivity contribution in [1.29, 1.82) is 0 Å². The van der Waals surface area contributed by atoms with Gasteiger partial charge in [-0.1, -0.05) is 6.07 Å². The molecular formula is C19H25N5O2. The molecule has 26 heavy (non-hydrogen) atoms. The third-order valence-electron chi connectivity index (χ3n) is 5.23. The van der Waals surface area contributed by atoms with Gasteiger partial charge in [-0.05, 0) is 31.0 Å². The molecule has 0 bridgehead atoms. The molecule has 0 aliphatic carbocycles. The zero-order valence-electron chi connectivity index (χ0n) is 14.9. The van der Waals surface area contributed by atoms with Crippen LogP contribution in [0.15, 0.2) is 36.7 Å². The van der Waals surface area contributed by atoms with Crippen molar-refractivity contribution in [1.82, 2.24) is 25.0 Å². The Labute approximate surface area is 153 Å². The zero-order chi connectivity index (χ0) is 17.8. The van der Waals surface area contributed by atoms with E-state index in [2.05, 4.69) is 26.4 Å². The van der Waals surface area contributed by atoms with Gasteiger partial charge in [-0.2, -0.15) is 5.10 Å². The molecule has 1 unspecified atom stereocenters. The third kappa shape index (κ3) is 3.94. The molecule has 7 heteroatoms. The largest absolute Gasteiger partial charge is 0.381 e. The third-order valence-corrected chi connectivity index (χ3v) is 5.23. The van der Waals surface area contributed by atoms with Crippen molar-refractivity contribution in [2.24, 2.45) is 0 Å². The molecule has 1 atom stereocenters. The molecule has 1 saturated heterocycles. The second-order valence-electron chi connectivity index (χ2n) is 7.00. The van der Waals surface area contributed by atoms with Crippen LogP contribution < -0.4 is 5.32 Å². The van der Waals surface area contributed by atoms with Gasteiger partial charge in [0.2, 0.25) is 5.91 Å². The smallest absolute Gasteiger partial charge is 0.222 e. The van der Waals surface area contributed by atoms with Gasteiger partial charge >= 0.3 is 0 Å². The summed E-state index contributed by atoms with van der Waals surface area (Å²) in [5.74, 6) is 0.0379. The Bertz CT molecular complexity index is 727. The maximum Gasteiger partial charge on any atom is 0.222 e. The Morgan fingerprint density at radius 2 is 2.12 bits per heavy atom. The van der Waals surface area contributed by atoms with Crippen LogP contribution in [0.3, 0.4) is 0 Å². The monoisotopic (exact) mass is 355 g/mol. The standard InChI is InChI=1S/C19H25N5O2/c25-19(21-12-15-3-1-2-7-20-15)11-18-14-23(16-5-9-26-10-6-16)13-17-4-8-22-24(17)18/h1-4,7-8,16,18H,5-6,9-14H2,(H,21,25). The highest BCUT2D eigenvalue weighted by atomic mass is 16.5. The molecule has 0 saturated carbocycles. The van der Waals surface area contributed by atoms with E-state index in [1.165, 1.54) is 5.69 Å². The van der Waals surface area contributed by atoms with Gasteiger partial charge in [-0.15, -0.1) is 0 Å². The van der Waals surface area contributed by atoms with Crippen molar-refractivity contribution in [3.05, 3.63) is 48.0 Å². The first-order chi connectivity index (χ1) is 12.8. The fourth-order valence-corrected chi connectivity index (χ4v) is 3.87. The molecule has 1 fully saturated rings. The first-order valence-electron chi connectivity index (χ1n) is 9.30. The van der Waals surface area contributed by atoms with Crippen LogP contribution >= 0.6 is 0 Å². The lowest BCUT2D eigenvalue weighted by Crippen LogP contribution is -2.46. The number of carbonyl (C=O) groups is 1. The SMILES string of the molecule is O=C(CC1CN(C2CCOCC2)Cc2ccnn21)NCc1ccccn1. The van der Waals surface area contributed by atoms with E-state index in [9.17, 15) is 4.79 Å². The molecule has 1 N–H and O–H groups in total. The summed E-state index contributed by atoms with van der Waals surface area (Å²) in [6, 6.07) is 8.38. The van der Waals surface area contributed by atoms with E-state index in [4.69, 9.17) is 4.74 Å². The van der Waals surface area contributed by atoms with Crippen LogP contribution in [-0.4, -0.2) is 51.4 Å². The fourth-order valence-electron chi connectivity index (χ4n) is 3.87. The molecule has 138 valence electrons. The minimum Gasteiger partial charge on any atom is -0.381 e. The maximum absolute atomic E-state index is 12.5. The molecule has 1 amide bonds. The van der Waals surface area contributed by atoms with Crippen molar-refractivity contribution in [3.63, 3.8) is 0 Å². The van der Waals surface area contributed by atoms with E-state index in [0.717, 1.165) is 44.8 Å². The second-order valence-corrected chi connectivity index (χ2v) is 7.00. The molecule has 4 heterocycles. The van der Waals surface area contributed by atoms with Crippen molar-refractivity contribution in [2.45, 2.75) is 44.4 Å². The van der Waals surface area contributed by atoms with Gasteiger partial charge in [0.15, 0.2) is 0 Å². The lowest BCUT2D eigenvalue weighted by Gasteiger charge is -2.40. The summed E-state index contributed by atoms with van der Waals surface area (Å²) in [5.41, 5.74) is 2.05. The minimum atomic E-state index is 0.0379. The predicted octanol–water partition coefficient (Wildman–Crippen LogP) is 1.52. The predicted molar refractivity (Wildman–Crippen MR) is 96.2 cm³/mol. The normalized spacial score (nSPS) is 21.3.